The predicted octanol–water partition coefficient (Wildman–Crippen LogP) is 2.28. The van der Waals surface area contributed by atoms with E-state index in [-0.39, 0.29) is 23.5 Å². The van der Waals surface area contributed by atoms with Crippen LogP contribution in [-0.4, -0.2) is 20.2 Å². The predicted molar refractivity (Wildman–Crippen MR) is 76.1 cm³/mol. The molecule has 1 aromatic carbocycles. The molecule has 0 aliphatic heterocycles. The van der Waals surface area contributed by atoms with Crippen LogP contribution in [0.4, 0.5) is 0 Å². The van der Waals surface area contributed by atoms with Crippen molar-refractivity contribution >= 4 is 9.84 Å². The molecular weight excluding hydrogens is 246 g/mol. The molecule has 0 radical (unpaired) electrons. The first-order chi connectivity index (χ1) is 8.35. The molecule has 0 saturated carbocycles. The molecule has 3 nitrogen and oxygen atoms in total. The van der Waals surface area contributed by atoms with Gasteiger partial charge < -0.3 is 5.73 Å². The van der Waals surface area contributed by atoms with E-state index >= 15 is 0 Å². The van der Waals surface area contributed by atoms with E-state index in [1.165, 1.54) is 0 Å². The fourth-order valence-corrected chi connectivity index (χ4v) is 3.66. The lowest BCUT2D eigenvalue weighted by atomic mass is 10.0. The number of hydrogen-bond donors (Lipinski definition) is 1. The lowest BCUT2D eigenvalue weighted by Gasteiger charge is -2.18. The second kappa shape index (κ2) is 6.34. The topological polar surface area (TPSA) is 60.2 Å². The summed E-state index contributed by atoms with van der Waals surface area (Å²) in [5, 5.41) is 0. The summed E-state index contributed by atoms with van der Waals surface area (Å²) < 4.78 is 24.2. The van der Waals surface area contributed by atoms with Crippen LogP contribution in [-0.2, 0) is 15.6 Å². The van der Waals surface area contributed by atoms with Gasteiger partial charge in [-0.15, -0.1) is 0 Å². The summed E-state index contributed by atoms with van der Waals surface area (Å²) >= 11 is 0. The Morgan fingerprint density at radius 3 is 2.44 bits per heavy atom. The maximum atomic E-state index is 12.1. The van der Waals surface area contributed by atoms with Gasteiger partial charge in [-0.05, 0) is 24.0 Å². The molecule has 2 atom stereocenters. The first-order valence-corrected chi connectivity index (χ1v) is 8.18. The van der Waals surface area contributed by atoms with Crippen LogP contribution < -0.4 is 5.73 Å². The highest BCUT2D eigenvalue weighted by Gasteiger charge is 2.21. The maximum absolute atomic E-state index is 12.1. The molecule has 0 saturated heterocycles. The Morgan fingerprint density at radius 1 is 1.28 bits per heavy atom. The quantitative estimate of drug-likeness (QED) is 0.862. The molecule has 0 aliphatic rings. The summed E-state index contributed by atoms with van der Waals surface area (Å²) in [6, 6.07) is 7.30. The highest BCUT2D eigenvalue weighted by Crippen LogP contribution is 2.14. The molecule has 2 N–H and O–H groups in total. The molecule has 0 aromatic heterocycles. The largest absolute Gasteiger partial charge is 0.327 e. The van der Waals surface area contributed by atoms with Crippen LogP contribution in [0.5, 0.6) is 0 Å². The highest BCUT2D eigenvalue weighted by atomic mass is 32.2. The van der Waals surface area contributed by atoms with Crippen LogP contribution in [0.25, 0.3) is 0 Å². The minimum Gasteiger partial charge on any atom is -0.327 e. The first-order valence-electron chi connectivity index (χ1n) is 6.36. The Hall–Kier alpha value is -0.870. The third-order valence-corrected chi connectivity index (χ3v) is 5.10. The molecule has 0 aliphatic carbocycles. The van der Waals surface area contributed by atoms with Gasteiger partial charge in [0.1, 0.15) is 0 Å². The van der Waals surface area contributed by atoms with Gasteiger partial charge in [0, 0.05) is 6.04 Å². The monoisotopic (exact) mass is 269 g/mol. The molecular formula is C14H23NO2S. The zero-order valence-corrected chi connectivity index (χ0v) is 12.2. The maximum Gasteiger partial charge on any atom is 0.155 e. The highest BCUT2D eigenvalue weighted by molar-refractivity contribution is 7.90. The summed E-state index contributed by atoms with van der Waals surface area (Å²) in [4.78, 5) is 0. The van der Waals surface area contributed by atoms with E-state index in [1.807, 2.05) is 45.0 Å². The first kappa shape index (κ1) is 15.2. The van der Waals surface area contributed by atoms with Crippen molar-refractivity contribution in [1.29, 1.82) is 0 Å². The van der Waals surface area contributed by atoms with Gasteiger partial charge in [0.2, 0.25) is 0 Å². The molecule has 0 heterocycles. The van der Waals surface area contributed by atoms with Crippen molar-refractivity contribution in [2.45, 2.75) is 39.0 Å². The lowest BCUT2D eigenvalue weighted by Crippen LogP contribution is -2.35. The van der Waals surface area contributed by atoms with Crippen LogP contribution in [0.3, 0.4) is 0 Å². The van der Waals surface area contributed by atoms with Crippen LogP contribution in [0, 0.1) is 12.8 Å². The SMILES string of the molecule is CCC(C)C(N)CS(=O)(=O)Cc1ccccc1C. The molecule has 0 bridgehead atoms. The van der Waals surface area contributed by atoms with Gasteiger partial charge in [0.05, 0.1) is 11.5 Å². The molecule has 0 spiro atoms. The molecule has 1 aromatic rings. The van der Waals surface area contributed by atoms with Crippen molar-refractivity contribution < 1.29 is 8.42 Å². The van der Waals surface area contributed by atoms with Crippen molar-refractivity contribution in [3.8, 4) is 0 Å². The van der Waals surface area contributed by atoms with E-state index in [0.717, 1.165) is 17.5 Å². The van der Waals surface area contributed by atoms with Gasteiger partial charge in [0.25, 0.3) is 0 Å². The van der Waals surface area contributed by atoms with Crippen LogP contribution in [0.2, 0.25) is 0 Å². The van der Waals surface area contributed by atoms with Crippen LogP contribution in [0.15, 0.2) is 24.3 Å². The summed E-state index contributed by atoms with van der Waals surface area (Å²) in [6.45, 7) is 5.95. The van der Waals surface area contributed by atoms with Gasteiger partial charge in [-0.2, -0.15) is 0 Å². The summed E-state index contributed by atoms with van der Waals surface area (Å²) in [5.74, 6) is 0.386. The average molecular weight is 269 g/mol. The number of aryl methyl sites for hydroxylation is 1. The van der Waals surface area contributed by atoms with Crippen molar-refractivity contribution in [3.63, 3.8) is 0 Å². The average Bonchev–Trinajstić information content (AvgIpc) is 2.30. The number of rotatable bonds is 6. The van der Waals surface area contributed by atoms with Gasteiger partial charge in [0.15, 0.2) is 9.84 Å². The van der Waals surface area contributed by atoms with Crippen molar-refractivity contribution in [1.82, 2.24) is 0 Å². The lowest BCUT2D eigenvalue weighted by molar-refractivity contribution is 0.466. The fraction of sp³-hybridized carbons (Fsp3) is 0.571. The van der Waals surface area contributed by atoms with Gasteiger partial charge in [-0.1, -0.05) is 44.5 Å². The van der Waals surface area contributed by atoms with Crippen LogP contribution >= 0.6 is 0 Å². The zero-order valence-electron chi connectivity index (χ0n) is 11.4. The van der Waals surface area contributed by atoms with E-state index in [9.17, 15) is 8.42 Å². The van der Waals surface area contributed by atoms with E-state index in [0.29, 0.717) is 0 Å². The van der Waals surface area contributed by atoms with Gasteiger partial charge in [-0.3, -0.25) is 0 Å². The Balaban J connectivity index is 2.74. The third-order valence-electron chi connectivity index (χ3n) is 3.46. The Kier molecular flexibility index (Phi) is 5.35. The van der Waals surface area contributed by atoms with Gasteiger partial charge >= 0.3 is 0 Å². The normalized spacial score (nSPS) is 15.3. The molecule has 18 heavy (non-hydrogen) atoms. The van der Waals surface area contributed by atoms with E-state index in [4.69, 9.17) is 5.73 Å². The minimum atomic E-state index is -3.14. The summed E-state index contributed by atoms with van der Waals surface area (Å²) in [6.07, 6.45) is 0.904. The van der Waals surface area contributed by atoms with E-state index < -0.39 is 9.84 Å². The Morgan fingerprint density at radius 2 is 1.89 bits per heavy atom. The number of nitrogens with two attached hydrogens (primary N) is 1. The molecule has 1 rings (SSSR count). The van der Waals surface area contributed by atoms with Crippen LogP contribution in [0.1, 0.15) is 31.4 Å². The molecule has 4 heteroatoms. The zero-order chi connectivity index (χ0) is 13.8. The summed E-state index contributed by atoms with van der Waals surface area (Å²) in [5.41, 5.74) is 7.81. The number of hydrogen-bond acceptors (Lipinski definition) is 3. The smallest absolute Gasteiger partial charge is 0.155 e. The molecule has 102 valence electrons. The molecule has 2 unspecified atom stereocenters. The van der Waals surface area contributed by atoms with E-state index in [2.05, 4.69) is 0 Å². The van der Waals surface area contributed by atoms with Gasteiger partial charge in [-0.25, -0.2) is 8.42 Å². The Bertz CT molecular complexity index is 482. The second-order valence-corrected chi connectivity index (χ2v) is 7.14. The Labute approximate surface area is 110 Å². The molecule has 0 fully saturated rings. The third kappa shape index (κ3) is 4.42. The minimum absolute atomic E-state index is 0.0658. The fourth-order valence-electron chi connectivity index (χ4n) is 1.83. The standard InChI is InChI=1S/C14H23NO2S/c1-4-11(2)14(15)10-18(16,17)9-13-8-6-5-7-12(13)3/h5-8,11,14H,4,9-10,15H2,1-3H3. The van der Waals surface area contributed by atoms with E-state index in [1.54, 1.807) is 0 Å². The molecule has 0 amide bonds. The number of benzene rings is 1. The van der Waals surface area contributed by atoms with Crippen molar-refractivity contribution in [2.75, 3.05) is 5.75 Å². The van der Waals surface area contributed by atoms with Crippen molar-refractivity contribution in [3.05, 3.63) is 35.4 Å². The van der Waals surface area contributed by atoms with Crippen molar-refractivity contribution in [2.24, 2.45) is 11.7 Å². The number of sulfone groups is 1. The second-order valence-electron chi connectivity index (χ2n) is 5.03. The summed E-state index contributed by atoms with van der Waals surface area (Å²) in [7, 11) is -3.14.